The van der Waals surface area contributed by atoms with E-state index in [9.17, 15) is 10.2 Å². The molecule has 5 atom stereocenters. The number of rotatable bonds is 1. The summed E-state index contributed by atoms with van der Waals surface area (Å²) in [6.07, 6.45) is 8.44. The minimum absolute atomic E-state index is 0.0547. The van der Waals surface area contributed by atoms with Crippen molar-refractivity contribution in [2.75, 3.05) is 0 Å². The van der Waals surface area contributed by atoms with Crippen molar-refractivity contribution in [1.82, 2.24) is 0 Å². The Morgan fingerprint density at radius 2 is 2.05 bits per heavy atom. The van der Waals surface area contributed by atoms with Gasteiger partial charge in [0, 0.05) is 0 Å². The molecule has 22 heavy (non-hydrogen) atoms. The van der Waals surface area contributed by atoms with Crippen LogP contribution >= 0.6 is 0 Å². The highest BCUT2D eigenvalue weighted by molar-refractivity contribution is 5.42. The summed E-state index contributed by atoms with van der Waals surface area (Å²) in [7, 11) is 0. The first-order chi connectivity index (χ1) is 10.5. The molecule has 2 saturated carbocycles. The summed E-state index contributed by atoms with van der Waals surface area (Å²) >= 11 is 0. The van der Waals surface area contributed by atoms with Crippen molar-refractivity contribution in [3.63, 3.8) is 0 Å². The molecule has 0 bridgehead atoms. The number of benzene rings is 1. The summed E-state index contributed by atoms with van der Waals surface area (Å²) in [4.78, 5) is 0. The van der Waals surface area contributed by atoms with Crippen LogP contribution in [0.1, 0.15) is 56.1 Å². The number of aromatic hydroxyl groups is 1. The van der Waals surface area contributed by atoms with E-state index in [-0.39, 0.29) is 16.9 Å². The van der Waals surface area contributed by atoms with Crippen LogP contribution in [0.3, 0.4) is 0 Å². The zero-order valence-corrected chi connectivity index (χ0v) is 13.4. The van der Waals surface area contributed by atoms with Gasteiger partial charge in [0.25, 0.3) is 0 Å². The van der Waals surface area contributed by atoms with Crippen LogP contribution in [-0.4, -0.2) is 16.3 Å². The second-order valence-corrected chi connectivity index (χ2v) is 7.94. The normalized spacial score (nSPS) is 43.1. The van der Waals surface area contributed by atoms with Crippen LogP contribution < -0.4 is 0 Å². The number of aliphatic hydroxyl groups excluding tert-OH is 1. The third-order valence-corrected chi connectivity index (χ3v) is 7.26. The summed E-state index contributed by atoms with van der Waals surface area (Å²) in [5, 5.41) is 20.3. The molecule has 1 unspecified atom stereocenters. The highest BCUT2D eigenvalue weighted by Crippen LogP contribution is 2.67. The van der Waals surface area contributed by atoms with Crippen LogP contribution in [0.25, 0.3) is 0 Å². The third-order valence-electron chi connectivity index (χ3n) is 7.26. The molecule has 0 saturated heterocycles. The Morgan fingerprint density at radius 3 is 2.82 bits per heavy atom. The fourth-order valence-corrected chi connectivity index (χ4v) is 6.09. The first-order valence-corrected chi connectivity index (χ1v) is 8.65. The monoisotopic (exact) mass is 298 g/mol. The van der Waals surface area contributed by atoms with Crippen molar-refractivity contribution in [2.24, 2.45) is 16.7 Å². The Morgan fingerprint density at radius 1 is 1.23 bits per heavy atom. The second-order valence-electron chi connectivity index (χ2n) is 7.94. The lowest BCUT2D eigenvalue weighted by molar-refractivity contribution is -0.0528. The average Bonchev–Trinajstić information content (AvgIpc) is 2.82. The van der Waals surface area contributed by atoms with E-state index < -0.39 is 0 Å². The lowest BCUT2D eigenvalue weighted by atomic mass is 9.47. The standard InChI is InChI=1S/C20H26O2/c1-3-20-11-8-13-12-14(21)4-5-15(13)16(20)9-10-19(2)17(20)6-7-18(19)22/h3-5,12,16-18,21-22H,1,6-11H2,2H3/t16-,17-,18+,19+,20?/m1/s1. The van der Waals surface area contributed by atoms with Gasteiger partial charge in [-0.3, -0.25) is 0 Å². The quantitative estimate of drug-likeness (QED) is 0.764. The van der Waals surface area contributed by atoms with Gasteiger partial charge >= 0.3 is 0 Å². The first-order valence-electron chi connectivity index (χ1n) is 8.65. The molecule has 0 aromatic heterocycles. The summed E-state index contributed by atoms with van der Waals surface area (Å²) in [5.41, 5.74) is 2.89. The van der Waals surface area contributed by atoms with Gasteiger partial charge in [0.1, 0.15) is 5.75 Å². The zero-order chi connectivity index (χ0) is 15.5. The van der Waals surface area contributed by atoms with E-state index in [4.69, 9.17) is 0 Å². The largest absolute Gasteiger partial charge is 0.508 e. The molecule has 0 aliphatic heterocycles. The molecule has 0 amide bonds. The molecule has 2 N–H and O–H groups in total. The van der Waals surface area contributed by atoms with Crippen LogP contribution in [0.4, 0.5) is 0 Å². The Balaban J connectivity index is 1.83. The molecule has 4 rings (SSSR count). The average molecular weight is 298 g/mol. The van der Waals surface area contributed by atoms with Gasteiger partial charge in [-0.05, 0) is 84.5 Å². The SMILES string of the molecule is C=CC12CCc3cc(O)ccc3[C@H]1CC[C@]1(C)[C@@H](O)CC[C@@H]21. The van der Waals surface area contributed by atoms with E-state index in [0.717, 1.165) is 38.5 Å². The number of allylic oxidation sites excluding steroid dienone is 1. The first kappa shape index (κ1) is 14.3. The molecule has 0 spiro atoms. The molecule has 0 radical (unpaired) electrons. The second kappa shape index (κ2) is 4.61. The number of hydrogen-bond acceptors (Lipinski definition) is 2. The summed E-state index contributed by atoms with van der Waals surface area (Å²) in [6, 6.07) is 5.90. The van der Waals surface area contributed by atoms with Crippen LogP contribution in [0, 0.1) is 16.7 Å². The Labute approximate surface area is 132 Å². The number of phenols is 1. The smallest absolute Gasteiger partial charge is 0.115 e. The van der Waals surface area contributed by atoms with Crippen LogP contribution in [0.2, 0.25) is 0 Å². The molecule has 1 aromatic carbocycles. The summed E-state index contributed by atoms with van der Waals surface area (Å²) in [5.74, 6) is 1.41. The number of fused-ring (bicyclic) bond motifs is 5. The fourth-order valence-electron chi connectivity index (χ4n) is 6.09. The topological polar surface area (TPSA) is 40.5 Å². The molecule has 2 nitrogen and oxygen atoms in total. The molecule has 0 heterocycles. The molecular formula is C20H26O2. The van der Waals surface area contributed by atoms with Gasteiger partial charge in [-0.1, -0.05) is 19.1 Å². The van der Waals surface area contributed by atoms with Gasteiger partial charge in [0.15, 0.2) is 0 Å². The summed E-state index contributed by atoms with van der Waals surface area (Å²) in [6.45, 7) is 6.53. The van der Waals surface area contributed by atoms with Crippen molar-refractivity contribution in [3.8, 4) is 5.75 Å². The van der Waals surface area contributed by atoms with E-state index in [2.05, 4.69) is 25.6 Å². The molecule has 2 heteroatoms. The van der Waals surface area contributed by atoms with Gasteiger partial charge in [-0.15, -0.1) is 6.58 Å². The van der Waals surface area contributed by atoms with Gasteiger partial charge in [-0.25, -0.2) is 0 Å². The van der Waals surface area contributed by atoms with Gasteiger partial charge in [0.2, 0.25) is 0 Å². The Hall–Kier alpha value is -1.28. The van der Waals surface area contributed by atoms with Crippen molar-refractivity contribution in [1.29, 1.82) is 0 Å². The highest BCUT2D eigenvalue weighted by atomic mass is 16.3. The molecule has 3 aliphatic carbocycles. The van der Waals surface area contributed by atoms with E-state index in [0.29, 0.717) is 17.6 Å². The lowest BCUT2D eigenvalue weighted by Gasteiger charge is -2.57. The zero-order valence-electron chi connectivity index (χ0n) is 13.4. The Kier molecular flexibility index (Phi) is 3.00. The van der Waals surface area contributed by atoms with Gasteiger partial charge in [-0.2, -0.15) is 0 Å². The van der Waals surface area contributed by atoms with Crippen molar-refractivity contribution in [3.05, 3.63) is 42.0 Å². The Bertz CT molecular complexity index is 622. The molecular weight excluding hydrogens is 272 g/mol. The van der Waals surface area contributed by atoms with Crippen LogP contribution in [0.15, 0.2) is 30.9 Å². The minimum Gasteiger partial charge on any atom is -0.508 e. The maximum atomic E-state index is 10.5. The van der Waals surface area contributed by atoms with Crippen molar-refractivity contribution < 1.29 is 10.2 Å². The predicted molar refractivity (Wildman–Crippen MR) is 87.9 cm³/mol. The predicted octanol–water partition coefficient (Wildman–Crippen LogP) is 4.17. The van der Waals surface area contributed by atoms with Crippen molar-refractivity contribution in [2.45, 2.75) is 57.5 Å². The third kappa shape index (κ3) is 1.65. The maximum absolute atomic E-state index is 10.5. The highest BCUT2D eigenvalue weighted by Gasteiger charge is 2.60. The lowest BCUT2D eigenvalue weighted by Crippen LogP contribution is -2.50. The minimum atomic E-state index is -0.156. The fraction of sp³-hybridized carbons (Fsp3) is 0.600. The van der Waals surface area contributed by atoms with Gasteiger partial charge in [0.05, 0.1) is 6.10 Å². The van der Waals surface area contributed by atoms with E-state index in [1.54, 1.807) is 0 Å². The van der Waals surface area contributed by atoms with Crippen LogP contribution in [0.5, 0.6) is 5.75 Å². The molecule has 2 fully saturated rings. The molecule has 118 valence electrons. The summed E-state index contributed by atoms with van der Waals surface area (Å²) < 4.78 is 0. The number of aliphatic hydroxyl groups is 1. The van der Waals surface area contributed by atoms with E-state index in [1.165, 1.54) is 11.1 Å². The molecule has 1 aromatic rings. The number of phenolic OH excluding ortho intramolecular Hbond substituents is 1. The van der Waals surface area contributed by atoms with Crippen molar-refractivity contribution >= 4 is 0 Å². The van der Waals surface area contributed by atoms with E-state index >= 15 is 0 Å². The molecule has 3 aliphatic rings. The number of aryl methyl sites for hydroxylation is 1. The van der Waals surface area contributed by atoms with Gasteiger partial charge < -0.3 is 10.2 Å². The maximum Gasteiger partial charge on any atom is 0.115 e. The number of hydrogen-bond donors (Lipinski definition) is 2. The van der Waals surface area contributed by atoms with Crippen LogP contribution in [-0.2, 0) is 6.42 Å². The van der Waals surface area contributed by atoms with E-state index in [1.807, 2.05) is 12.1 Å².